The molecule has 6 N–H and O–H groups in total. The number of aromatic amines is 2. The number of nitrogens with zero attached hydrogens (tertiary/aromatic N) is 3. The Morgan fingerprint density at radius 1 is 1.30 bits per heavy atom. The third kappa shape index (κ3) is 2.38. The third-order valence-electron chi connectivity index (χ3n) is 4.57. The summed E-state index contributed by atoms with van der Waals surface area (Å²) in [5.41, 5.74) is 16.9. The molecule has 0 unspecified atom stereocenters. The number of pyridine rings is 1. The van der Waals surface area contributed by atoms with Gasteiger partial charge in [-0.15, -0.1) is 0 Å². The second kappa shape index (κ2) is 5.07. The monoisotopic (exact) mass is 311 g/mol. The van der Waals surface area contributed by atoms with Crippen molar-refractivity contribution in [3.8, 4) is 11.1 Å². The molecule has 0 spiro atoms. The van der Waals surface area contributed by atoms with Crippen molar-refractivity contribution in [2.24, 2.45) is 11.5 Å². The van der Waals surface area contributed by atoms with Gasteiger partial charge in [0, 0.05) is 42.3 Å². The Balaban J connectivity index is 1.87. The Kier molecular flexibility index (Phi) is 3.14. The smallest absolute Gasteiger partial charge is 0.139 e. The van der Waals surface area contributed by atoms with Gasteiger partial charge in [0.2, 0.25) is 0 Å². The molecule has 0 aliphatic carbocycles. The van der Waals surface area contributed by atoms with Crippen LogP contribution in [0.2, 0.25) is 0 Å². The van der Waals surface area contributed by atoms with Crippen LogP contribution in [0.5, 0.6) is 0 Å². The third-order valence-corrected chi connectivity index (χ3v) is 4.57. The van der Waals surface area contributed by atoms with E-state index in [1.54, 1.807) is 0 Å². The first kappa shape index (κ1) is 14.2. The molecule has 0 saturated carbocycles. The molecular formula is C16H21N7. The van der Waals surface area contributed by atoms with Gasteiger partial charge in [-0.3, -0.25) is 5.10 Å². The highest BCUT2D eigenvalue weighted by Gasteiger charge is 2.29. The molecule has 23 heavy (non-hydrogen) atoms. The lowest BCUT2D eigenvalue weighted by Crippen LogP contribution is -2.60. The summed E-state index contributed by atoms with van der Waals surface area (Å²) in [5, 5.41) is 8.22. The van der Waals surface area contributed by atoms with E-state index in [0.717, 1.165) is 52.9 Å². The molecule has 7 nitrogen and oxygen atoms in total. The zero-order valence-electron chi connectivity index (χ0n) is 13.1. The largest absolute Gasteiger partial charge is 0.368 e. The molecule has 0 amide bonds. The van der Waals surface area contributed by atoms with E-state index in [1.807, 2.05) is 31.6 Å². The molecule has 4 heterocycles. The molecule has 0 aromatic carbocycles. The zero-order chi connectivity index (χ0) is 16.0. The highest BCUT2D eigenvalue weighted by molar-refractivity contribution is 6.02. The topological polar surface area (TPSA) is 113 Å². The maximum Gasteiger partial charge on any atom is 0.139 e. The number of aryl methyl sites for hydroxylation is 1. The minimum atomic E-state index is -0.643. The minimum Gasteiger partial charge on any atom is -0.368 e. The van der Waals surface area contributed by atoms with E-state index in [1.165, 1.54) is 0 Å². The summed E-state index contributed by atoms with van der Waals surface area (Å²) in [4.78, 5) is 9.98. The van der Waals surface area contributed by atoms with Crippen molar-refractivity contribution in [2.45, 2.75) is 25.4 Å². The molecule has 3 aromatic heterocycles. The van der Waals surface area contributed by atoms with Crippen LogP contribution in [0.3, 0.4) is 0 Å². The van der Waals surface area contributed by atoms with E-state index >= 15 is 0 Å². The first-order chi connectivity index (χ1) is 11.1. The van der Waals surface area contributed by atoms with Crippen LogP contribution in [0.25, 0.3) is 22.2 Å². The van der Waals surface area contributed by atoms with Crippen LogP contribution in [0.4, 0.5) is 5.69 Å². The van der Waals surface area contributed by atoms with Crippen molar-refractivity contribution >= 4 is 16.7 Å². The van der Waals surface area contributed by atoms with Crippen molar-refractivity contribution in [2.75, 3.05) is 18.0 Å². The number of fused-ring (bicyclic) bond motifs is 1. The molecule has 0 radical (unpaired) electrons. The van der Waals surface area contributed by atoms with Crippen molar-refractivity contribution in [1.29, 1.82) is 0 Å². The predicted molar refractivity (Wildman–Crippen MR) is 91.0 cm³/mol. The number of H-pyrrole nitrogens is 2. The molecule has 1 aliphatic rings. The Morgan fingerprint density at radius 3 is 2.91 bits per heavy atom. The van der Waals surface area contributed by atoms with Crippen LogP contribution in [-0.4, -0.2) is 38.9 Å². The number of piperidine rings is 1. The maximum absolute atomic E-state index is 6.18. The van der Waals surface area contributed by atoms with Crippen molar-refractivity contribution in [1.82, 2.24) is 20.2 Å². The van der Waals surface area contributed by atoms with E-state index in [-0.39, 0.29) is 0 Å². The average Bonchev–Trinajstić information content (AvgIpc) is 3.11. The summed E-state index contributed by atoms with van der Waals surface area (Å²) in [7, 11) is 0. The Bertz CT molecular complexity index is 845. The van der Waals surface area contributed by atoms with E-state index in [2.05, 4.69) is 25.1 Å². The molecule has 4 rings (SSSR count). The highest BCUT2D eigenvalue weighted by atomic mass is 15.2. The van der Waals surface area contributed by atoms with Gasteiger partial charge < -0.3 is 21.4 Å². The van der Waals surface area contributed by atoms with Crippen LogP contribution in [-0.2, 0) is 0 Å². The molecule has 7 heteroatoms. The Morgan fingerprint density at radius 2 is 2.17 bits per heavy atom. The van der Waals surface area contributed by atoms with E-state index in [0.29, 0.717) is 6.54 Å². The number of nitrogens with two attached hydrogens (primary N) is 2. The number of hydrogen-bond donors (Lipinski definition) is 4. The van der Waals surface area contributed by atoms with Crippen LogP contribution >= 0.6 is 0 Å². The summed E-state index contributed by atoms with van der Waals surface area (Å²) in [6.07, 6.45) is 7.49. The maximum atomic E-state index is 6.18. The Hall–Kier alpha value is -2.38. The summed E-state index contributed by atoms with van der Waals surface area (Å²) in [6.45, 7) is 3.61. The molecule has 1 saturated heterocycles. The quantitative estimate of drug-likeness (QED) is 0.535. The second-order valence-corrected chi connectivity index (χ2v) is 6.42. The molecule has 3 aromatic rings. The molecule has 120 valence electrons. The lowest BCUT2D eigenvalue weighted by atomic mass is 9.98. The van der Waals surface area contributed by atoms with Crippen molar-refractivity contribution < 1.29 is 0 Å². The number of nitrogens with one attached hydrogen (secondary N) is 2. The van der Waals surface area contributed by atoms with E-state index < -0.39 is 5.66 Å². The average molecular weight is 311 g/mol. The minimum absolute atomic E-state index is 0.640. The fraction of sp³-hybridized carbons (Fsp3) is 0.375. The lowest BCUT2D eigenvalue weighted by Gasteiger charge is -2.39. The highest BCUT2D eigenvalue weighted by Crippen LogP contribution is 2.36. The van der Waals surface area contributed by atoms with Crippen LogP contribution in [0.1, 0.15) is 18.5 Å². The Labute approximate surface area is 134 Å². The number of hydrogen-bond acceptors (Lipinski definition) is 5. The molecule has 1 fully saturated rings. The summed E-state index contributed by atoms with van der Waals surface area (Å²) >= 11 is 0. The van der Waals surface area contributed by atoms with Gasteiger partial charge in [-0.05, 0) is 25.8 Å². The van der Waals surface area contributed by atoms with E-state index in [9.17, 15) is 0 Å². The van der Waals surface area contributed by atoms with Crippen LogP contribution in [0, 0.1) is 6.92 Å². The van der Waals surface area contributed by atoms with Crippen molar-refractivity contribution in [3.63, 3.8) is 0 Å². The molecular weight excluding hydrogens is 290 g/mol. The van der Waals surface area contributed by atoms with Gasteiger partial charge in [0.15, 0.2) is 0 Å². The molecule has 0 atom stereocenters. The van der Waals surface area contributed by atoms with Gasteiger partial charge in [0.25, 0.3) is 0 Å². The van der Waals surface area contributed by atoms with Gasteiger partial charge in [-0.25, -0.2) is 4.98 Å². The first-order valence-electron chi connectivity index (χ1n) is 7.84. The number of rotatable bonds is 2. The normalized spacial score (nSPS) is 17.8. The summed E-state index contributed by atoms with van der Waals surface area (Å²) in [6, 6.07) is 2.04. The van der Waals surface area contributed by atoms with Crippen LogP contribution in [0.15, 0.2) is 24.7 Å². The van der Waals surface area contributed by atoms with Crippen LogP contribution < -0.4 is 16.4 Å². The predicted octanol–water partition coefficient (Wildman–Crippen LogP) is 1.48. The number of aromatic nitrogens is 4. The standard InChI is InChI=1S/C16H21N7/c1-10-11(8-21-22-10)12-7-20-15-14(12)13(3-5-19-15)23-6-2-4-16(17,18)9-23/h3,5,7-8H,2,4,6,9,17-18H2,1H3,(H,19,20)(H,21,22). The summed E-state index contributed by atoms with van der Waals surface area (Å²) < 4.78 is 0. The van der Waals surface area contributed by atoms with Gasteiger partial charge in [-0.1, -0.05) is 0 Å². The first-order valence-corrected chi connectivity index (χ1v) is 7.84. The molecule has 0 bridgehead atoms. The lowest BCUT2D eigenvalue weighted by molar-refractivity contribution is 0.356. The second-order valence-electron chi connectivity index (χ2n) is 6.42. The summed E-state index contributed by atoms with van der Waals surface area (Å²) in [5.74, 6) is 0. The van der Waals surface area contributed by atoms with Gasteiger partial charge >= 0.3 is 0 Å². The number of anilines is 1. The van der Waals surface area contributed by atoms with Gasteiger partial charge in [0.05, 0.1) is 22.9 Å². The van der Waals surface area contributed by atoms with Crippen molar-refractivity contribution in [3.05, 3.63) is 30.4 Å². The fourth-order valence-corrected chi connectivity index (χ4v) is 3.46. The fourth-order valence-electron chi connectivity index (χ4n) is 3.46. The zero-order valence-corrected chi connectivity index (χ0v) is 13.1. The van der Waals surface area contributed by atoms with Gasteiger partial charge in [-0.2, -0.15) is 5.10 Å². The van der Waals surface area contributed by atoms with Gasteiger partial charge in [0.1, 0.15) is 5.65 Å². The SMILES string of the molecule is Cc1[nH]ncc1-c1c[nH]c2nccc(N3CCCC(N)(N)C3)c12. The van der Waals surface area contributed by atoms with E-state index in [4.69, 9.17) is 11.5 Å². The molecule has 1 aliphatic heterocycles.